The van der Waals surface area contributed by atoms with Crippen molar-refractivity contribution < 1.29 is 13.9 Å². The van der Waals surface area contributed by atoms with Crippen LogP contribution in [0, 0.1) is 13.8 Å². The Morgan fingerprint density at radius 3 is 2.40 bits per heavy atom. The van der Waals surface area contributed by atoms with Crippen LogP contribution in [-0.2, 0) is 6.54 Å². The van der Waals surface area contributed by atoms with E-state index in [9.17, 15) is 4.79 Å². The van der Waals surface area contributed by atoms with Crippen LogP contribution in [-0.4, -0.2) is 5.91 Å². The first-order chi connectivity index (χ1) is 12.1. The van der Waals surface area contributed by atoms with Gasteiger partial charge in [0.25, 0.3) is 5.91 Å². The number of carbonyl (C=O) groups excluding carboxylic acids is 1. The number of furan rings is 1. The highest BCUT2D eigenvalue weighted by atomic mass is 79.9. The minimum atomic E-state index is -0.185. The van der Waals surface area contributed by atoms with Gasteiger partial charge in [-0.2, -0.15) is 0 Å². The maximum atomic E-state index is 12.5. The van der Waals surface area contributed by atoms with E-state index in [4.69, 9.17) is 9.15 Å². The van der Waals surface area contributed by atoms with E-state index < -0.39 is 0 Å². The molecule has 5 heteroatoms. The number of halogens is 1. The highest BCUT2D eigenvalue weighted by Crippen LogP contribution is 2.28. The molecule has 0 bridgehead atoms. The Bertz CT molecular complexity index is 887. The molecule has 0 spiro atoms. The monoisotopic (exact) mass is 399 g/mol. The van der Waals surface area contributed by atoms with Gasteiger partial charge in [-0.1, -0.05) is 36.4 Å². The lowest BCUT2D eigenvalue weighted by Gasteiger charge is -2.12. The Kier molecular flexibility index (Phi) is 5.24. The highest BCUT2D eigenvalue weighted by Gasteiger charge is 2.19. The van der Waals surface area contributed by atoms with Crippen molar-refractivity contribution in [1.82, 2.24) is 5.32 Å². The normalized spacial score (nSPS) is 10.5. The lowest BCUT2D eigenvalue weighted by molar-refractivity contribution is 0.0948. The first kappa shape index (κ1) is 17.3. The molecule has 2 aromatic carbocycles. The molecule has 1 aromatic heterocycles. The predicted molar refractivity (Wildman–Crippen MR) is 100 cm³/mol. The standard InChI is InChI=1S/C20H18BrNO3/c1-13-18(19(21)14(2)24-13)20(23)22-12-15-8-6-7-11-17(15)25-16-9-4-3-5-10-16/h3-11H,12H2,1-2H3,(H,22,23). The van der Waals surface area contributed by atoms with Crippen molar-refractivity contribution >= 4 is 21.8 Å². The minimum Gasteiger partial charge on any atom is -0.465 e. The van der Waals surface area contributed by atoms with Crippen LogP contribution in [0.2, 0.25) is 0 Å². The van der Waals surface area contributed by atoms with Gasteiger partial charge in [-0.25, -0.2) is 0 Å². The van der Waals surface area contributed by atoms with Crippen LogP contribution in [0.3, 0.4) is 0 Å². The molecule has 0 unspecified atom stereocenters. The smallest absolute Gasteiger partial charge is 0.256 e. The quantitative estimate of drug-likeness (QED) is 0.626. The van der Waals surface area contributed by atoms with Crippen molar-refractivity contribution in [3.8, 4) is 11.5 Å². The zero-order valence-corrected chi connectivity index (χ0v) is 15.6. The first-order valence-corrected chi connectivity index (χ1v) is 8.70. The van der Waals surface area contributed by atoms with Crippen molar-refractivity contribution in [1.29, 1.82) is 0 Å². The maximum absolute atomic E-state index is 12.5. The molecule has 0 fully saturated rings. The number of hydrogen-bond donors (Lipinski definition) is 1. The summed E-state index contributed by atoms with van der Waals surface area (Å²) < 4.78 is 12.1. The van der Waals surface area contributed by atoms with Gasteiger partial charge >= 0.3 is 0 Å². The topological polar surface area (TPSA) is 51.5 Å². The molecular weight excluding hydrogens is 382 g/mol. The molecule has 0 saturated heterocycles. The third kappa shape index (κ3) is 3.94. The van der Waals surface area contributed by atoms with Gasteiger partial charge in [0.15, 0.2) is 0 Å². The van der Waals surface area contributed by atoms with Crippen molar-refractivity contribution in [3.63, 3.8) is 0 Å². The molecule has 0 atom stereocenters. The van der Waals surface area contributed by atoms with Crippen LogP contribution in [0.25, 0.3) is 0 Å². The molecule has 0 aliphatic carbocycles. The number of carbonyl (C=O) groups is 1. The van der Waals surface area contributed by atoms with Gasteiger partial charge in [-0.3, -0.25) is 4.79 Å². The molecule has 1 amide bonds. The summed E-state index contributed by atoms with van der Waals surface area (Å²) in [6.07, 6.45) is 0. The number of nitrogens with one attached hydrogen (secondary N) is 1. The molecule has 25 heavy (non-hydrogen) atoms. The van der Waals surface area contributed by atoms with Gasteiger partial charge < -0.3 is 14.5 Å². The van der Waals surface area contributed by atoms with E-state index in [2.05, 4.69) is 21.2 Å². The molecule has 0 aliphatic heterocycles. The fraction of sp³-hybridized carbons (Fsp3) is 0.150. The maximum Gasteiger partial charge on any atom is 0.256 e. The summed E-state index contributed by atoms with van der Waals surface area (Å²) in [5.41, 5.74) is 1.42. The van der Waals surface area contributed by atoms with Crippen molar-refractivity contribution in [3.05, 3.63) is 81.7 Å². The number of para-hydroxylation sites is 2. The molecule has 1 heterocycles. The average molecular weight is 400 g/mol. The van der Waals surface area contributed by atoms with Gasteiger partial charge in [0, 0.05) is 12.1 Å². The fourth-order valence-electron chi connectivity index (χ4n) is 2.54. The lowest BCUT2D eigenvalue weighted by Crippen LogP contribution is -2.23. The zero-order chi connectivity index (χ0) is 17.8. The number of benzene rings is 2. The van der Waals surface area contributed by atoms with Gasteiger partial charge in [0.2, 0.25) is 0 Å². The van der Waals surface area contributed by atoms with E-state index in [1.54, 1.807) is 6.92 Å². The summed E-state index contributed by atoms with van der Waals surface area (Å²) in [6.45, 7) is 3.95. The average Bonchev–Trinajstić information content (AvgIpc) is 2.87. The fourth-order valence-corrected chi connectivity index (χ4v) is 3.08. The SMILES string of the molecule is Cc1oc(C)c(C(=O)NCc2ccccc2Oc2ccccc2)c1Br. The predicted octanol–water partition coefficient (Wildman–Crippen LogP) is 5.38. The molecule has 1 N–H and O–H groups in total. The van der Waals surface area contributed by atoms with E-state index in [1.165, 1.54) is 0 Å². The van der Waals surface area contributed by atoms with E-state index in [0.717, 1.165) is 11.3 Å². The van der Waals surface area contributed by atoms with Crippen molar-refractivity contribution in [2.24, 2.45) is 0 Å². The van der Waals surface area contributed by atoms with E-state index in [-0.39, 0.29) is 5.91 Å². The Morgan fingerprint density at radius 1 is 1.04 bits per heavy atom. The zero-order valence-electron chi connectivity index (χ0n) is 14.0. The number of aryl methyl sites for hydroxylation is 2. The number of rotatable bonds is 5. The molecule has 0 saturated carbocycles. The molecule has 0 aliphatic rings. The van der Waals surface area contributed by atoms with Gasteiger partial charge in [-0.15, -0.1) is 0 Å². The van der Waals surface area contributed by atoms with E-state index in [1.807, 2.05) is 61.5 Å². The molecule has 128 valence electrons. The van der Waals surface area contributed by atoms with Gasteiger partial charge in [0.05, 0.1) is 10.0 Å². The summed E-state index contributed by atoms with van der Waals surface area (Å²) in [7, 11) is 0. The second kappa shape index (κ2) is 7.57. The third-order valence-electron chi connectivity index (χ3n) is 3.80. The Balaban J connectivity index is 1.74. The highest BCUT2D eigenvalue weighted by molar-refractivity contribution is 9.10. The summed E-state index contributed by atoms with van der Waals surface area (Å²) in [5.74, 6) is 2.57. The van der Waals surface area contributed by atoms with Crippen LogP contribution in [0.4, 0.5) is 0 Å². The lowest BCUT2D eigenvalue weighted by atomic mass is 10.2. The minimum absolute atomic E-state index is 0.185. The van der Waals surface area contributed by atoms with Crippen LogP contribution in [0.5, 0.6) is 11.5 Å². The second-order valence-electron chi connectivity index (χ2n) is 5.61. The molecule has 0 radical (unpaired) electrons. The Hall–Kier alpha value is -2.53. The summed E-state index contributed by atoms with van der Waals surface area (Å²) in [4.78, 5) is 12.5. The van der Waals surface area contributed by atoms with Crippen LogP contribution < -0.4 is 10.1 Å². The summed E-state index contributed by atoms with van der Waals surface area (Å²) in [6, 6.07) is 17.2. The van der Waals surface area contributed by atoms with E-state index in [0.29, 0.717) is 33.9 Å². The van der Waals surface area contributed by atoms with Crippen LogP contribution in [0.15, 0.2) is 63.5 Å². The molecule has 3 aromatic rings. The Labute approximate surface area is 154 Å². The molecule has 4 nitrogen and oxygen atoms in total. The number of hydrogen-bond acceptors (Lipinski definition) is 3. The largest absolute Gasteiger partial charge is 0.465 e. The molecule has 3 rings (SSSR count). The van der Waals surface area contributed by atoms with Crippen LogP contribution in [0.1, 0.15) is 27.4 Å². The summed E-state index contributed by atoms with van der Waals surface area (Å²) in [5, 5.41) is 2.93. The molecular formula is C20H18BrNO3. The second-order valence-corrected chi connectivity index (χ2v) is 6.40. The van der Waals surface area contributed by atoms with Crippen LogP contribution >= 0.6 is 15.9 Å². The number of ether oxygens (including phenoxy) is 1. The van der Waals surface area contributed by atoms with Crippen molar-refractivity contribution in [2.45, 2.75) is 20.4 Å². The van der Waals surface area contributed by atoms with Gasteiger partial charge in [0.1, 0.15) is 23.0 Å². The van der Waals surface area contributed by atoms with Crippen molar-refractivity contribution in [2.75, 3.05) is 0 Å². The van der Waals surface area contributed by atoms with E-state index >= 15 is 0 Å². The first-order valence-electron chi connectivity index (χ1n) is 7.90. The number of amides is 1. The Morgan fingerprint density at radius 2 is 1.72 bits per heavy atom. The van der Waals surface area contributed by atoms with Gasteiger partial charge in [-0.05, 0) is 48.0 Å². The third-order valence-corrected chi connectivity index (χ3v) is 4.75. The summed E-state index contributed by atoms with van der Waals surface area (Å²) >= 11 is 3.41.